The first-order chi connectivity index (χ1) is 15.1. The molecule has 0 saturated carbocycles. The van der Waals surface area contributed by atoms with E-state index in [4.69, 9.17) is 4.74 Å². The lowest BCUT2D eigenvalue weighted by Crippen LogP contribution is -2.37. The highest BCUT2D eigenvalue weighted by Crippen LogP contribution is 2.29. The zero-order valence-electron chi connectivity index (χ0n) is 17.3. The van der Waals surface area contributed by atoms with Crippen LogP contribution in [0.3, 0.4) is 0 Å². The molecule has 5 nitrogen and oxygen atoms in total. The number of ether oxygens (including phenoxy) is 1. The topological polar surface area (TPSA) is 67.4 Å². The van der Waals surface area contributed by atoms with Crippen LogP contribution in [-0.4, -0.2) is 18.9 Å². The van der Waals surface area contributed by atoms with Gasteiger partial charge in [-0.15, -0.1) is 11.3 Å². The van der Waals surface area contributed by atoms with Gasteiger partial charge in [-0.05, 0) is 72.2 Å². The summed E-state index contributed by atoms with van der Waals surface area (Å²) < 4.78 is 5.15. The highest BCUT2D eigenvalue weighted by molar-refractivity contribution is 7.10. The third-order valence-electron chi connectivity index (χ3n) is 5.35. The monoisotopic (exact) mass is 432 g/mol. The summed E-state index contributed by atoms with van der Waals surface area (Å²) in [5.74, 6) is 0.0289. The minimum Gasteiger partial charge on any atom is -0.497 e. The van der Waals surface area contributed by atoms with Crippen molar-refractivity contribution < 1.29 is 14.3 Å². The Labute approximate surface area is 185 Å². The first-order valence-corrected chi connectivity index (χ1v) is 11.1. The minimum atomic E-state index is -0.343. The van der Waals surface area contributed by atoms with Crippen LogP contribution in [0.4, 0.5) is 0 Å². The van der Waals surface area contributed by atoms with Gasteiger partial charge in [-0.1, -0.05) is 30.3 Å². The SMILES string of the molecule is COc1ccc(C(=O)N/C(=C\c2cccs2)C(=O)NC2CCCc3ccccc32)cc1. The fourth-order valence-electron chi connectivity index (χ4n) is 3.75. The number of hydrogen-bond donors (Lipinski definition) is 2. The van der Waals surface area contributed by atoms with Crippen molar-refractivity contribution in [3.63, 3.8) is 0 Å². The summed E-state index contributed by atoms with van der Waals surface area (Å²) in [5, 5.41) is 7.86. The van der Waals surface area contributed by atoms with E-state index in [0.29, 0.717) is 11.3 Å². The third-order valence-corrected chi connectivity index (χ3v) is 6.17. The second kappa shape index (κ2) is 9.62. The van der Waals surface area contributed by atoms with E-state index in [1.165, 1.54) is 16.9 Å². The summed E-state index contributed by atoms with van der Waals surface area (Å²) in [6, 6.07) is 18.7. The van der Waals surface area contributed by atoms with E-state index in [-0.39, 0.29) is 23.6 Å². The van der Waals surface area contributed by atoms with Crippen molar-refractivity contribution >= 4 is 29.2 Å². The summed E-state index contributed by atoms with van der Waals surface area (Å²) in [6.07, 6.45) is 4.64. The highest BCUT2D eigenvalue weighted by atomic mass is 32.1. The molecule has 2 aromatic carbocycles. The van der Waals surface area contributed by atoms with Gasteiger partial charge in [0.15, 0.2) is 0 Å². The average molecular weight is 433 g/mol. The molecule has 31 heavy (non-hydrogen) atoms. The zero-order valence-corrected chi connectivity index (χ0v) is 18.1. The summed E-state index contributed by atoms with van der Waals surface area (Å²) in [4.78, 5) is 26.9. The number of carbonyl (C=O) groups is 2. The molecule has 1 aliphatic rings. The molecule has 2 amide bonds. The molecular formula is C25H24N2O3S. The van der Waals surface area contributed by atoms with E-state index in [0.717, 1.165) is 29.7 Å². The van der Waals surface area contributed by atoms with Crippen LogP contribution < -0.4 is 15.4 Å². The molecule has 0 aliphatic heterocycles. The number of nitrogens with one attached hydrogen (secondary N) is 2. The van der Waals surface area contributed by atoms with Gasteiger partial charge >= 0.3 is 0 Å². The minimum absolute atomic E-state index is 0.0675. The Morgan fingerprint density at radius 3 is 2.61 bits per heavy atom. The number of aryl methyl sites for hydroxylation is 1. The lowest BCUT2D eigenvalue weighted by molar-refractivity contribution is -0.118. The standard InChI is InChI=1S/C25H24N2O3S/c1-30-19-13-11-18(12-14-19)24(28)27-23(16-20-8-5-15-31-20)25(29)26-22-10-4-7-17-6-2-3-9-21(17)22/h2-3,5-6,8-9,11-16,22H,4,7,10H2,1H3,(H,26,29)(H,27,28)/b23-16-. The molecule has 4 rings (SSSR count). The van der Waals surface area contributed by atoms with Crippen molar-refractivity contribution in [2.24, 2.45) is 0 Å². The average Bonchev–Trinajstić information content (AvgIpc) is 3.32. The smallest absolute Gasteiger partial charge is 0.268 e. The van der Waals surface area contributed by atoms with Gasteiger partial charge in [0.1, 0.15) is 11.4 Å². The largest absolute Gasteiger partial charge is 0.497 e. The van der Waals surface area contributed by atoms with Crippen LogP contribution in [0.15, 0.2) is 71.7 Å². The number of methoxy groups -OCH3 is 1. The molecule has 158 valence electrons. The highest BCUT2D eigenvalue weighted by Gasteiger charge is 2.24. The Balaban J connectivity index is 1.55. The molecule has 2 N–H and O–H groups in total. The van der Waals surface area contributed by atoms with Crippen LogP contribution in [0.1, 0.15) is 45.2 Å². The van der Waals surface area contributed by atoms with Crippen LogP contribution in [-0.2, 0) is 11.2 Å². The van der Waals surface area contributed by atoms with Gasteiger partial charge in [-0.25, -0.2) is 0 Å². The predicted octanol–water partition coefficient (Wildman–Crippen LogP) is 4.72. The molecule has 0 radical (unpaired) electrons. The Hall–Kier alpha value is -3.38. The fraction of sp³-hybridized carbons (Fsp3) is 0.200. The van der Waals surface area contributed by atoms with Gasteiger partial charge in [0.05, 0.1) is 13.2 Å². The molecule has 1 aromatic heterocycles. The quantitative estimate of drug-likeness (QED) is 0.554. The van der Waals surface area contributed by atoms with Gasteiger partial charge in [0.25, 0.3) is 11.8 Å². The van der Waals surface area contributed by atoms with Gasteiger partial charge in [0, 0.05) is 10.4 Å². The van der Waals surface area contributed by atoms with Gasteiger partial charge in [-0.2, -0.15) is 0 Å². The van der Waals surface area contributed by atoms with Crippen LogP contribution in [0, 0.1) is 0 Å². The van der Waals surface area contributed by atoms with Gasteiger partial charge < -0.3 is 15.4 Å². The molecule has 1 heterocycles. The van der Waals surface area contributed by atoms with E-state index < -0.39 is 0 Å². The second-order valence-corrected chi connectivity index (χ2v) is 8.35. The van der Waals surface area contributed by atoms with Crippen LogP contribution in [0.2, 0.25) is 0 Å². The van der Waals surface area contributed by atoms with E-state index in [1.54, 1.807) is 37.5 Å². The van der Waals surface area contributed by atoms with Gasteiger partial charge in [0.2, 0.25) is 0 Å². The third kappa shape index (κ3) is 5.03. The maximum Gasteiger partial charge on any atom is 0.268 e. The molecule has 1 aliphatic carbocycles. The number of benzene rings is 2. The Morgan fingerprint density at radius 2 is 1.87 bits per heavy atom. The van der Waals surface area contributed by atoms with Gasteiger partial charge in [-0.3, -0.25) is 9.59 Å². The second-order valence-electron chi connectivity index (χ2n) is 7.37. The number of carbonyl (C=O) groups excluding carboxylic acids is 2. The Bertz CT molecular complexity index is 1090. The normalized spacial score (nSPS) is 15.6. The zero-order chi connectivity index (χ0) is 21.6. The first-order valence-electron chi connectivity index (χ1n) is 10.2. The molecule has 0 bridgehead atoms. The van der Waals surface area contributed by atoms with Crippen LogP contribution in [0.5, 0.6) is 5.75 Å². The maximum atomic E-state index is 13.2. The summed E-state index contributed by atoms with van der Waals surface area (Å²) in [6.45, 7) is 0. The van der Waals surface area contributed by atoms with Crippen molar-refractivity contribution in [2.75, 3.05) is 7.11 Å². The van der Waals surface area contributed by atoms with E-state index >= 15 is 0 Å². The van der Waals surface area contributed by atoms with E-state index in [1.807, 2.05) is 29.6 Å². The van der Waals surface area contributed by atoms with Crippen molar-refractivity contribution in [1.29, 1.82) is 0 Å². The molecule has 6 heteroatoms. The number of amides is 2. The number of hydrogen-bond acceptors (Lipinski definition) is 4. The van der Waals surface area contributed by atoms with Crippen molar-refractivity contribution in [2.45, 2.75) is 25.3 Å². The number of rotatable bonds is 6. The van der Waals surface area contributed by atoms with E-state index in [2.05, 4.69) is 22.8 Å². The fourth-order valence-corrected chi connectivity index (χ4v) is 4.41. The lowest BCUT2D eigenvalue weighted by atomic mass is 9.87. The summed E-state index contributed by atoms with van der Waals surface area (Å²) in [7, 11) is 1.57. The molecule has 0 saturated heterocycles. The molecular weight excluding hydrogens is 408 g/mol. The van der Waals surface area contributed by atoms with E-state index in [9.17, 15) is 9.59 Å². The molecule has 0 fully saturated rings. The molecule has 3 aromatic rings. The maximum absolute atomic E-state index is 13.2. The molecule has 1 atom stereocenters. The van der Waals surface area contributed by atoms with Crippen LogP contribution in [0.25, 0.3) is 6.08 Å². The van der Waals surface area contributed by atoms with Crippen molar-refractivity contribution in [1.82, 2.24) is 10.6 Å². The number of fused-ring (bicyclic) bond motifs is 1. The van der Waals surface area contributed by atoms with Crippen molar-refractivity contribution in [3.05, 3.63) is 93.3 Å². The Morgan fingerprint density at radius 1 is 1.06 bits per heavy atom. The Kier molecular flexibility index (Phi) is 6.48. The van der Waals surface area contributed by atoms with Crippen molar-refractivity contribution in [3.8, 4) is 5.75 Å². The number of thiophene rings is 1. The van der Waals surface area contributed by atoms with Crippen LogP contribution >= 0.6 is 11.3 Å². The lowest BCUT2D eigenvalue weighted by Gasteiger charge is -2.26. The predicted molar refractivity (Wildman–Crippen MR) is 123 cm³/mol. The first kappa shape index (κ1) is 20.9. The summed E-state index contributed by atoms with van der Waals surface area (Å²) in [5.41, 5.74) is 3.10. The molecule has 1 unspecified atom stereocenters. The summed E-state index contributed by atoms with van der Waals surface area (Å²) >= 11 is 1.51. The molecule has 0 spiro atoms.